The van der Waals surface area contributed by atoms with E-state index in [9.17, 15) is 4.79 Å². The van der Waals surface area contributed by atoms with Gasteiger partial charge in [-0.15, -0.1) is 0 Å². The molecule has 0 aliphatic carbocycles. The van der Waals surface area contributed by atoms with Crippen LogP contribution in [-0.2, 0) is 4.74 Å². The van der Waals surface area contributed by atoms with E-state index in [0.29, 0.717) is 18.4 Å². The van der Waals surface area contributed by atoms with Crippen LogP contribution in [0.3, 0.4) is 0 Å². The molecule has 0 aromatic carbocycles. The highest BCUT2D eigenvalue weighted by atomic mass is 16.5. The lowest BCUT2D eigenvalue weighted by Gasteiger charge is -2.22. The second-order valence-corrected chi connectivity index (χ2v) is 4.21. The first kappa shape index (κ1) is 12.8. The zero-order chi connectivity index (χ0) is 12.8. The predicted molar refractivity (Wildman–Crippen MR) is 64.5 cm³/mol. The van der Waals surface area contributed by atoms with Crippen LogP contribution in [0.25, 0.3) is 0 Å². The molecule has 1 aliphatic rings. The molecule has 1 fully saturated rings. The maximum absolute atomic E-state index is 11.3. The number of carbonyl (C=O) groups is 1. The third kappa shape index (κ3) is 3.40. The van der Waals surface area contributed by atoms with Gasteiger partial charge in [-0.25, -0.2) is 9.78 Å². The molecule has 6 heteroatoms. The van der Waals surface area contributed by atoms with E-state index in [-0.39, 0.29) is 5.82 Å². The fourth-order valence-electron chi connectivity index (χ4n) is 1.86. The van der Waals surface area contributed by atoms with Gasteiger partial charge < -0.3 is 14.8 Å². The van der Waals surface area contributed by atoms with Gasteiger partial charge in [-0.05, 0) is 31.8 Å². The fourth-order valence-corrected chi connectivity index (χ4v) is 1.86. The van der Waals surface area contributed by atoms with Gasteiger partial charge in [0.1, 0.15) is 0 Å². The summed E-state index contributed by atoms with van der Waals surface area (Å²) in [6.45, 7) is 2.69. The number of nitrogens with one attached hydrogen (secondary N) is 1. The SMILES string of the molecule is COC(=O)c1nccc(OCC2CCNCC2)n1. The van der Waals surface area contributed by atoms with Crippen LogP contribution in [0.15, 0.2) is 12.3 Å². The average Bonchev–Trinajstić information content (AvgIpc) is 2.45. The van der Waals surface area contributed by atoms with Crippen LogP contribution in [0.2, 0.25) is 0 Å². The lowest BCUT2D eigenvalue weighted by Crippen LogP contribution is -2.30. The second-order valence-electron chi connectivity index (χ2n) is 4.21. The summed E-state index contributed by atoms with van der Waals surface area (Å²) in [4.78, 5) is 19.1. The van der Waals surface area contributed by atoms with E-state index in [1.807, 2.05) is 0 Å². The van der Waals surface area contributed by atoms with Gasteiger partial charge in [0.25, 0.3) is 0 Å². The minimum absolute atomic E-state index is 0.0281. The summed E-state index contributed by atoms with van der Waals surface area (Å²) in [6.07, 6.45) is 3.71. The van der Waals surface area contributed by atoms with Crippen LogP contribution < -0.4 is 10.1 Å². The van der Waals surface area contributed by atoms with Gasteiger partial charge in [-0.3, -0.25) is 0 Å². The number of hydrogen-bond acceptors (Lipinski definition) is 6. The minimum Gasteiger partial charge on any atom is -0.477 e. The zero-order valence-corrected chi connectivity index (χ0v) is 10.4. The first-order chi connectivity index (χ1) is 8.79. The van der Waals surface area contributed by atoms with Gasteiger partial charge in [0, 0.05) is 12.3 Å². The lowest BCUT2D eigenvalue weighted by atomic mass is 9.99. The van der Waals surface area contributed by atoms with Gasteiger partial charge in [0.15, 0.2) is 0 Å². The molecule has 0 unspecified atom stereocenters. The summed E-state index contributed by atoms with van der Waals surface area (Å²) in [5.41, 5.74) is 0. The number of rotatable bonds is 4. The van der Waals surface area contributed by atoms with Crippen LogP contribution in [0.4, 0.5) is 0 Å². The largest absolute Gasteiger partial charge is 0.477 e. The van der Waals surface area contributed by atoms with E-state index in [1.165, 1.54) is 13.3 Å². The van der Waals surface area contributed by atoms with Crippen molar-refractivity contribution in [3.63, 3.8) is 0 Å². The summed E-state index contributed by atoms with van der Waals surface area (Å²) in [7, 11) is 1.30. The number of ether oxygens (including phenoxy) is 2. The summed E-state index contributed by atoms with van der Waals surface area (Å²) >= 11 is 0. The molecule has 1 saturated heterocycles. The number of piperidine rings is 1. The summed E-state index contributed by atoms with van der Waals surface area (Å²) in [6, 6.07) is 1.65. The van der Waals surface area contributed by atoms with E-state index in [0.717, 1.165) is 25.9 Å². The Hall–Kier alpha value is -1.69. The highest BCUT2D eigenvalue weighted by molar-refractivity contribution is 5.84. The molecule has 6 nitrogen and oxygen atoms in total. The molecule has 2 rings (SSSR count). The third-order valence-electron chi connectivity index (χ3n) is 2.92. The van der Waals surface area contributed by atoms with Gasteiger partial charge in [0.2, 0.25) is 11.7 Å². The van der Waals surface area contributed by atoms with E-state index in [2.05, 4.69) is 20.0 Å². The lowest BCUT2D eigenvalue weighted by molar-refractivity contribution is 0.0585. The molecule has 2 heterocycles. The summed E-state index contributed by atoms with van der Waals surface area (Å²) in [5, 5.41) is 3.30. The molecule has 1 aliphatic heterocycles. The number of methoxy groups -OCH3 is 1. The Labute approximate surface area is 106 Å². The smallest absolute Gasteiger partial charge is 0.376 e. The predicted octanol–water partition coefficient (Wildman–Crippen LogP) is 0.642. The van der Waals surface area contributed by atoms with Crippen LogP contribution in [0, 0.1) is 5.92 Å². The van der Waals surface area contributed by atoms with Crippen LogP contribution in [0.1, 0.15) is 23.5 Å². The molecule has 18 heavy (non-hydrogen) atoms. The third-order valence-corrected chi connectivity index (χ3v) is 2.92. The van der Waals surface area contributed by atoms with Gasteiger partial charge in [-0.1, -0.05) is 0 Å². The Morgan fingerprint density at radius 3 is 3.00 bits per heavy atom. The van der Waals surface area contributed by atoms with Gasteiger partial charge in [-0.2, -0.15) is 4.98 Å². The Kier molecular flexibility index (Phi) is 4.46. The quantitative estimate of drug-likeness (QED) is 0.792. The number of carbonyl (C=O) groups excluding carboxylic acids is 1. The maximum Gasteiger partial charge on any atom is 0.376 e. The molecule has 1 N–H and O–H groups in total. The van der Waals surface area contributed by atoms with Crippen molar-refractivity contribution >= 4 is 5.97 Å². The van der Waals surface area contributed by atoms with Gasteiger partial charge >= 0.3 is 5.97 Å². The monoisotopic (exact) mass is 251 g/mol. The average molecular weight is 251 g/mol. The topological polar surface area (TPSA) is 73.3 Å². The first-order valence-electron chi connectivity index (χ1n) is 6.04. The van der Waals surface area contributed by atoms with Crippen molar-refractivity contribution in [1.29, 1.82) is 0 Å². The molecule has 0 saturated carbocycles. The molecule has 98 valence electrons. The van der Waals surface area contributed by atoms with Crippen molar-refractivity contribution in [2.75, 3.05) is 26.8 Å². The molecule has 1 aromatic rings. The van der Waals surface area contributed by atoms with E-state index < -0.39 is 5.97 Å². The summed E-state index contributed by atoms with van der Waals surface area (Å²) in [5.74, 6) is 0.439. The highest BCUT2D eigenvalue weighted by Crippen LogP contribution is 2.14. The molecule has 1 aromatic heterocycles. The maximum atomic E-state index is 11.3. The Bertz CT molecular complexity index is 405. The van der Waals surface area contributed by atoms with Crippen LogP contribution in [0.5, 0.6) is 5.88 Å². The Morgan fingerprint density at radius 2 is 2.28 bits per heavy atom. The number of hydrogen-bond donors (Lipinski definition) is 1. The van der Waals surface area contributed by atoms with Crippen molar-refractivity contribution in [3.05, 3.63) is 18.1 Å². The first-order valence-corrected chi connectivity index (χ1v) is 6.04. The molecule has 0 spiro atoms. The molecular weight excluding hydrogens is 234 g/mol. The normalized spacial score (nSPS) is 16.3. The highest BCUT2D eigenvalue weighted by Gasteiger charge is 2.15. The Morgan fingerprint density at radius 1 is 1.50 bits per heavy atom. The summed E-state index contributed by atoms with van der Waals surface area (Å²) < 4.78 is 10.2. The fraction of sp³-hybridized carbons (Fsp3) is 0.583. The zero-order valence-electron chi connectivity index (χ0n) is 10.4. The van der Waals surface area contributed by atoms with Crippen LogP contribution in [-0.4, -0.2) is 42.7 Å². The van der Waals surface area contributed by atoms with Crippen molar-refractivity contribution < 1.29 is 14.3 Å². The van der Waals surface area contributed by atoms with Crippen molar-refractivity contribution in [1.82, 2.24) is 15.3 Å². The van der Waals surface area contributed by atoms with Crippen molar-refractivity contribution in [3.8, 4) is 5.88 Å². The van der Waals surface area contributed by atoms with E-state index >= 15 is 0 Å². The van der Waals surface area contributed by atoms with Crippen molar-refractivity contribution in [2.45, 2.75) is 12.8 Å². The molecule has 0 bridgehead atoms. The Balaban J connectivity index is 1.90. The number of esters is 1. The van der Waals surface area contributed by atoms with E-state index in [4.69, 9.17) is 4.74 Å². The molecule has 0 amide bonds. The molecule has 0 radical (unpaired) electrons. The second kappa shape index (κ2) is 6.30. The standard InChI is InChI=1S/C12H17N3O3/c1-17-12(16)11-14-7-4-10(15-11)18-8-9-2-5-13-6-3-9/h4,7,9,13H,2-3,5-6,8H2,1H3. The molecule has 0 atom stereocenters. The van der Waals surface area contributed by atoms with Gasteiger partial charge in [0.05, 0.1) is 13.7 Å². The minimum atomic E-state index is -0.553. The molecular formula is C12H17N3O3. The number of nitrogens with zero attached hydrogens (tertiary/aromatic N) is 2. The van der Waals surface area contributed by atoms with Crippen molar-refractivity contribution in [2.24, 2.45) is 5.92 Å². The van der Waals surface area contributed by atoms with Crippen LogP contribution >= 0.6 is 0 Å². The number of aromatic nitrogens is 2. The van der Waals surface area contributed by atoms with E-state index in [1.54, 1.807) is 6.07 Å².